The number of hydrogen-bond donors (Lipinski definition) is 2. The Labute approximate surface area is 308 Å². The zero-order chi connectivity index (χ0) is 35.5. The molecule has 4 aliphatic rings. The number of hydrogen-bond acceptors (Lipinski definition) is 6. The van der Waals surface area contributed by atoms with E-state index in [4.69, 9.17) is 19.5 Å². The highest BCUT2D eigenvalue weighted by Crippen LogP contribution is 2.56. The van der Waals surface area contributed by atoms with Gasteiger partial charge in [-0.25, -0.2) is 9.98 Å². The lowest BCUT2D eigenvalue weighted by Crippen LogP contribution is -2.33. The van der Waals surface area contributed by atoms with Crippen molar-refractivity contribution in [3.8, 4) is 45.3 Å². The number of para-hydroxylation sites is 1. The Morgan fingerprint density at radius 2 is 1.36 bits per heavy atom. The van der Waals surface area contributed by atoms with Gasteiger partial charge >= 0.3 is 0 Å². The number of amidine groups is 2. The molecule has 6 nitrogen and oxygen atoms in total. The summed E-state index contributed by atoms with van der Waals surface area (Å²) in [6, 6.07) is 46.2. The second kappa shape index (κ2) is 12.2. The van der Waals surface area contributed by atoms with Crippen LogP contribution in [0.1, 0.15) is 59.4 Å². The summed E-state index contributed by atoms with van der Waals surface area (Å²) in [5.74, 6) is 4.24. The Hall–Kier alpha value is -6.66. The van der Waals surface area contributed by atoms with Crippen molar-refractivity contribution in [3.05, 3.63) is 191 Å². The molecule has 0 amide bonds. The predicted molar refractivity (Wildman–Crippen MR) is 212 cm³/mol. The highest BCUT2D eigenvalue weighted by molar-refractivity contribution is 6.13. The molecule has 6 heteroatoms. The van der Waals surface area contributed by atoms with E-state index in [0.717, 1.165) is 45.0 Å². The largest absolute Gasteiger partial charge is 0.449 e. The van der Waals surface area contributed by atoms with Gasteiger partial charge in [0.05, 0.1) is 6.04 Å². The van der Waals surface area contributed by atoms with Gasteiger partial charge in [0.2, 0.25) is 0 Å². The number of aliphatic imine (C=N–C) groups is 2. The number of ether oxygens (including phenoxy) is 2. The zero-order valence-corrected chi connectivity index (χ0v) is 29.4. The van der Waals surface area contributed by atoms with Crippen LogP contribution in [0.2, 0.25) is 0 Å². The van der Waals surface area contributed by atoms with Crippen molar-refractivity contribution in [3.63, 3.8) is 0 Å². The summed E-state index contributed by atoms with van der Waals surface area (Å²) in [7, 11) is 0. The Balaban J connectivity index is 1.05. The standard InChI is InChI=1S/C47H36N4O2/c1-47(2)37-22-9-8-19-33(37)36-27-41-42(28-38(36)47)53-43-34(21-13-24-40(43)52-41)32-18-6-7-20-35(32)46-50-44(29-14-4-3-5-15-29)49-45(51-46)31-17-12-16-30(26-31)39-23-10-11-25-48-39/h3-28,39,46,48H,1-2H3,(H,49,50,51). The third-order valence-corrected chi connectivity index (χ3v) is 10.7. The van der Waals surface area contributed by atoms with Crippen LogP contribution in [0.25, 0.3) is 22.3 Å². The molecule has 2 unspecified atom stereocenters. The summed E-state index contributed by atoms with van der Waals surface area (Å²) in [5, 5.41) is 7.11. The molecule has 10 rings (SSSR count). The second-order valence-electron chi connectivity index (χ2n) is 14.3. The van der Waals surface area contributed by atoms with Crippen molar-refractivity contribution in [2.24, 2.45) is 9.98 Å². The van der Waals surface area contributed by atoms with Gasteiger partial charge in [0, 0.05) is 27.7 Å². The summed E-state index contributed by atoms with van der Waals surface area (Å²) >= 11 is 0. The molecule has 3 heterocycles. The molecule has 0 saturated carbocycles. The molecule has 0 saturated heterocycles. The molecule has 1 aliphatic carbocycles. The maximum absolute atomic E-state index is 6.85. The number of fused-ring (bicyclic) bond motifs is 5. The van der Waals surface area contributed by atoms with Gasteiger partial charge in [-0.3, -0.25) is 0 Å². The quantitative estimate of drug-likeness (QED) is 0.189. The molecule has 2 atom stereocenters. The summed E-state index contributed by atoms with van der Waals surface area (Å²) in [4.78, 5) is 10.4. The number of nitrogens with zero attached hydrogens (tertiary/aromatic N) is 2. The van der Waals surface area contributed by atoms with Crippen molar-refractivity contribution in [2.45, 2.75) is 31.5 Å². The maximum Gasteiger partial charge on any atom is 0.177 e. The Kier molecular flexibility index (Phi) is 7.18. The van der Waals surface area contributed by atoms with Crippen LogP contribution >= 0.6 is 0 Å². The van der Waals surface area contributed by atoms with E-state index in [0.29, 0.717) is 23.1 Å². The maximum atomic E-state index is 6.85. The molecule has 0 aromatic heterocycles. The van der Waals surface area contributed by atoms with Gasteiger partial charge in [-0.1, -0.05) is 135 Å². The third kappa shape index (κ3) is 5.25. The van der Waals surface area contributed by atoms with Crippen LogP contribution < -0.4 is 20.1 Å². The lowest BCUT2D eigenvalue weighted by Gasteiger charge is -2.28. The summed E-state index contributed by atoms with van der Waals surface area (Å²) in [6.45, 7) is 4.56. The van der Waals surface area contributed by atoms with Crippen molar-refractivity contribution in [1.82, 2.24) is 10.6 Å². The van der Waals surface area contributed by atoms with Crippen LogP contribution in [0, 0.1) is 0 Å². The van der Waals surface area contributed by atoms with Crippen molar-refractivity contribution in [1.29, 1.82) is 0 Å². The Morgan fingerprint density at radius 1 is 0.604 bits per heavy atom. The minimum Gasteiger partial charge on any atom is -0.449 e. The number of rotatable bonds is 5. The number of dihydropyridines is 1. The van der Waals surface area contributed by atoms with Crippen LogP contribution in [0.5, 0.6) is 23.0 Å². The van der Waals surface area contributed by atoms with Crippen LogP contribution in [0.15, 0.2) is 168 Å². The molecule has 0 bridgehead atoms. The molecular formula is C47H36N4O2. The van der Waals surface area contributed by atoms with E-state index in [1.54, 1.807) is 0 Å². The molecule has 0 fully saturated rings. The van der Waals surface area contributed by atoms with E-state index in [1.165, 1.54) is 22.3 Å². The van der Waals surface area contributed by atoms with Crippen LogP contribution in [0.3, 0.4) is 0 Å². The molecule has 2 N–H and O–H groups in total. The van der Waals surface area contributed by atoms with Gasteiger partial charge in [0.25, 0.3) is 0 Å². The number of nitrogens with one attached hydrogen (secondary N) is 2. The molecule has 0 radical (unpaired) electrons. The minimum atomic E-state index is -0.427. The van der Waals surface area contributed by atoms with Gasteiger partial charge in [-0.15, -0.1) is 0 Å². The third-order valence-electron chi connectivity index (χ3n) is 10.7. The van der Waals surface area contributed by atoms with Gasteiger partial charge in [-0.2, -0.15) is 0 Å². The summed E-state index contributed by atoms with van der Waals surface area (Å²) in [5.41, 5.74) is 10.8. The van der Waals surface area contributed by atoms with Crippen molar-refractivity contribution >= 4 is 11.7 Å². The number of allylic oxidation sites excluding steroid dienone is 2. The van der Waals surface area contributed by atoms with Gasteiger partial charge in [-0.05, 0) is 69.9 Å². The molecule has 3 aliphatic heterocycles. The molecule has 53 heavy (non-hydrogen) atoms. The summed E-state index contributed by atoms with van der Waals surface area (Å²) in [6.07, 6.45) is 7.76. The molecular weight excluding hydrogens is 653 g/mol. The average Bonchev–Trinajstić information content (AvgIpc) is 3.44. The van der Waals surface area contributed by atoms with Crippen LogP contribution in [-0.4, -0.2) is 11.7 Å². The normalized spacial score (nSPS) is 18.5. The monoisotopic (exact) mass is 688 g/mol. The second-order valence-corrected chi connectivity index (χ2v) is 14.3. The lowest BCUT2D eigenvalue weighted by atomic mass is 9.82. The molecule has 6 aromatic carbocycles. The van der Waals surface area contributed by atoms with Crippen LogP contribution in [0.4, 0.5) is 0 Å². The smallest absolute Gasteiger partial charge is 0.177 e. The fourth-order valence-electron chi connectivity index (χ4n) is 8.00. The highest BCUT2D eigenvalue weighted by atomic mass is 16.6. The van der Waals surface area contributed by atoms with E-state index in [-0.39, 0.29) is 11.5 Å². The fraction of sp³-hybridized carbons (Fsp3) is 0.106. The van der Waals surface area contributed by atoms with E-state index in [1.807, 2.05) is 42.6 Å². The van der Waals surface area contributed by atoms with Crippen LogP contribution in [-0.2, 0) is 5.41 Å². The topological polar surface area (TPSA) is 67.2 Å². The average molecular weight is 689 g/mol. The summed E-state index contributed by atoms with van der Waals surface area (Å²) < 4.78 is 13.5. The Morgan fingerprint density at radius 3 is 2.23 bits per heavy atom. The first-order chi connectivity index (χ1) is 26.0. The Bertz CT molecular complexity index is 2560. The van der Waals surface area contributed by atoms with E-state index in [2.05, 4.69) is 140 Å². The van der Waals surface area contributed by atoms with Crippen molar-refractivity contribution < 1.29 is 9.47 Å². The molecule has 6 aromatic rings. The minimum absolute atomic E-state index is 0.0791. The highest BCUT2D eigenvalue weighted by Gasteiger charge is 2.38. The van der Waals surface area contributed by atoms with E-state index < -0.39 is 6.17 Å². The van der Waals surface area contributed by atoms with E-state index >= 15 is 0 Å². The van der Waals surface area contributed by atoms with Gasteiger partial charge in [0.1, 0.15) is 12.0 Å². The van der Waals surface area contributed by atoms with Gasteiger partial charge in [0.15, 0.2) is 28.8 Å². The molecule has 256 valence electrons. The SMILES string of the molecule is CC1(C)c2ccccc2-c2cc3c(cc21)Oc1c(cccc1-c1ccccc1C1N=C(c2cccc(C4C=CC=CN4)c2)N=C(c2ccccc2)N1)O3. The van der Waals surface area contributed by atoms with E-state index in [9.17, 15) is 0 Å². The first-order valence-corrected chi connectivity index (χ1v) is 18.1. The first-order valence-electron chi connectivity index (χ1n) is 18.1. The first kappa shape index (κ1) is 31.1. The van der Waals surface area contributed by atoms with Crippen molar-refractivity contribution in [2.75, 3.05) is 0 Å². The molecule has 0 spiro atoms. The lowest BCUT2D eigenvalue weighted by molar-refractivity contribution is 0.360. The predicted octanol–water partition coefficient (Wildman–Crippen LogP) is 10.8. The zero-order valence-electron chi connectivity index (χ0n) is 29.4. The number of benzene rings is 6. The fourth-order valence-corrected chi connectivity index (χ4v) is 8.00. The van der Waals surface area contributed by atoms with Gasteiger partial charge < -0.3 is 20.1 Å².